The lowest BCUT2D eigenvalue weighted by Gasteiger charge is -2.36. The second-order valence-corrected chi connectivity index (χ2v) is 16.9. The maximum Gasteiger partial charge on any atom is 0.412 e. The smallest absolute Gasteiger partial charge is 0.412 e. The van der Waals surface area contributed by atoms with E-state index in [0.717, 1.165) is 0 Å². The van der Waals surface area contributed by atoms with Gasteiger partial charge in [0.1, 0.15) is 35.1 Å². The first kappa shape index (κ1) is 38.5. The van der Waals surface area contributed by atoms with E-state index in [2.05, 4.69) is 27.3 Å². The molecule has 2 saturated carbocycles. The van der Waals surface area contributed by atoms with Crippen LogP contribution in [0.15, 0.2) is 36.9 Å². The van der Waals surface area contributed by atoms with E-state index in [4.69, 9.17) is 14.2 Å². The highest BCUT2D eigenvalue weighted by molar-refractivity contribution is 7.91. The van der Waals surface area contributed by atoms with Gasteiger partial charge in [-0.25, -0.2) is 18.0 Å². The van der Waals surface area contributed by atoms with Crippen LogP contribution < -0.4 is 25.4 Å². The van der Waals surface area contributed by atoms with Gasteiger partial charge >= 0.3 is 12.2 Å². The van der Waals surface area contributed by atoms with Crippen molar-refractivity contribution >= 4 is 45.6 Å². The molecule has 1 aliphatic heterocycles. The first-order valence-electron chi connectivity index (χ1n) is 16.7. The Labute approximate surface area is 293 Å². The highest BCUT2D eigenvalue weighted by Gasteiger charge is 2.62. The number of hydrogen-bond acceptors (Lipinski definition) is 10. The zero-order valence-corrected chi connectivity index (χ0v) is 30.5. The fourth-order valence-corrected chi connectivity index (χ4v) is 7.14. The highest BCUT2D eigenvalue weighted by atomic mass is 32.2. The van der Waals surface area contributed by atoms with E-state index in [0.29, 0.717) is 30.9 Å². The molecule has 15 nitrogen and oxygen atoms in total. The Balaban J connectivity index is 1.59. The van der Waals surface area contributed by atoms with Crippen molar-refractivity contribution in [2.45, 2.75) is 109 Å². The summed E-state index contributed by atoms with van der Waals surface area (Å²) < 4.78 is 44.0. The van der Waals surface area contributed by atoms with Crippen molar-refractivity contribution < 1.29 is 46.6 Å². The van der Waals surface area contributed by atoms with Gasteiger partial charge in [-0.2, -0.15) is 0 Å². The number of anilines is 1. The third-order valence-electron chi connectivity index (χ3n) is 8.57. The van der Waals surface area contributed by atoms with Gasteiger partial charge in [0, 0.05) is 12.3 Å². The number of carbonyl (C=O) groups excluding carboxylic acids is 5. The second-order valence-electron chi connectivity index (χ2n) is 15.0. The van der Waals surface area contributed by atoms with Gasteiger partial charge in [0.2, 0.25) is 21.8 Å². The Morgan fingerprint density at radius 2 is 1.72 bits per heavy atom. The molecule has 1 heterocycles. The summed E-state index contributed by atoms with van der Waals surface area (Å²) in [7, 11) is -3.92. The minimum Gasteiger partial charge on any atom is -0.492 e. The van der Waals surface area contributed by atoms with Crippen LogP contribution in [0, 0.1) is 11.3 Å². The quantitative estimate of drug-likeness (QED) is 0.233. The molecule has 16 heteroatoms. The van der Waals surface area contributed by atoms with Gasteiger partial charge in [-0.1, -0.05) is 39.0 Å². The van der Waals surface area contributed by atoms with E-state index < -0.39 is 85.8 Å². The molecule has 0 radical (unpaired) electrons. The Bertz CT molecular complexity index is 1610. The molecule has 1 saturated heterocycles. The Hall–Kier alpha value is -4.34. The lowest BCUT2D eigenvalue weighted by molar-refractivity contribution is -0.143. The maximum atomic E-state index is 14.3. The van der Waals surface area contributed by atoms with E-state index >= 15 is 0 Å². The molecule has 276 valence electrons. The number of ether oxygens (including phenoxy) is 3. The molecular weight excluding hydrogens is 670 g/mol. The molecular formula is C34H49N5O10S. The number of carbonyl (C=O) groups is 5. The van der Waals surface area contributed by atoms with Gasteiger partial charge in [0.25, 0.3) is 5.91 Å². The zero-order chi connectivity index (χ0) is 37.2. The van der Waals surface area contributed by atoms with E-state index in [9.17, 15) is 32.4 Å². The molecule has 5 amide bonds. The number of rotatable bonds is 12. The molecule has 3 aliphatic rings. The van der Waals surface area contributed by atoms with Gasteiger partial charge in [-0.05, 0) is 64.5 Å². The van der Waals surface area contributed by atoms with Crippen LogP contribution in [0.4, 0.5) is 15.3 Å². The molecule has 0 bridgehead atoms. The minimum absolute atomic E-state index is 0.0985. The fourth-order valence-electron chi connectivity index (χ4n) is 5.78. The van der Waals surface area contributed by atoms with Crippen LogP contribution in [0.2, 0.25) is 0 Å². The van der Waals surface area contributed by atoms with Gasteiger partial charge < -0.3 is 29.7 Å². The number of hydrogen-bond donors (Lipinski definition) is 4. The van der Waals surface area contributed by atoms with Gasteiger partial charge in [-0.3, -0.25) is 24.4 Å². The van der Waals surface area contributed by atoms with Crippen LogP contribution in [0.3, 0.4) is 0 Å². The van der Waals surface area contributed by atoms with Crippen LogP contribution in [0.1, 0.15) is 74.1 Å². The minimum atomic E-state index is -3.92. The summed E-state index contributed by atoms with van der Waals surface area (Å²) >= 11 is 0. The predicted octanol–water partition coefficient (Wildman–Crippen LogP) is 3.21. The summed E-state index contributed by atoms with van der Waals surface area (Å²) in [6.07, 6.45) is -0.410. The average Bonchev–Trinajstić information content (AvgIpc) is 3.92. The molecule has 0 spiro atoms. The molecule has 3 fully saturated rings. The lowest BCUT2D eigenvalue weighted by atomic mass is 9.85. The van der Waals surface area contributed by atoms with Crippen molar-refractivity contribution in [3.8, 4) is 5.75 Å². The van der Waals surface area contributed by atoms with E-state index in [1.807, 2.05) is 0 Å². The number of benzene rings is 1. The molecule has 0 aromatic heterocycles. The van der Waals surface area contributed by atoms with E-state index in [1.165, 1.54) is 11.0 Å². The van der Waals surface area contributed by atoms with Gasteiger partial charge in [0.05, 0.1) is 24.1 Å². The zero-order valence-electron chi connectivity index (χ0n) is 29.7. The predicted molar refractivity (Wildman–Crippen MR) is 183 cm³/mol. The lowest BCUT2D eigenvalue weighted by Crippen LogP contribution is -2.60. The van der Waals surface area contributed by atoms with Crippen LogP contribution >= 0.6 is 0 Å². The van der Waals surface area contributed by atoms with Crippen molar-refractivity contribution in [3.05, 3.63) is 36.9 Å². The first-order valence-corrected chi connectivity index (χ1v) is 18.3. The maximum absolute atomic E-state index is 14.3. The van der Waals surface area contributed by atoms with Crippen LogP contribution in [-0.4, -0.2) is 91.0 Å². The molecule has 5 atom stereocenters. The molecule has 1 aromatic carbocycles. The monoisotopic (exact) mass is 719 g/mol. The number of amides is 5. The highest BCUT2D eigenvalue weighted by Crippen LogP contribution is 2.45. The number of alkyl carbamates (subject to hydrolysis) is 1. The number of sulfonamides is 1. The Morgan fingerprint density at radius 1 is 1.06 bits per heavy atom. The third-order valence-corrected chi connectivity index (χ3v) is 10.4. The van der Waals surface area contributed by atoms with Crippen LogP contribution in [0.25, 0.3) is 0 Å². The van der Waals surface area contributed by atoms with E-state index in [-0.39, 0.29) is 19.4 Å². The van der Waals surface area contributed by atoms with Gasteiger partial charge in [0.15, 0.2) is 0 Å². The summed E-state index contributed by atoms with van der Waals surface area (Å²) in [5.74, 6) is -2.45. The van der Waals surface area contributed by atoms with Crippen LogP contribution in [-0.2, 0) is 33.9 Å². The largest absolute Gasteiger partial charge is 0.492 e. The molecule has 1 aromatic rings. The average molecular weight is 720 g/mol. The van der Waals surface area contributed by atoms with Crippen molar-refractivity contribution in [1.82, 2.24) is 20.3 Å². The summed E-state index contributed by atoms with van der Waals surface area (Å²) in [5, 5.41) is 7.29. The molecule has 4 N–H and O–H groups in total. The topological polar surface area (TPSA) is 199 Å². The first-order chi connectivity index (χ1) is 23.2. The van der Waals surface area contributed by atoms with Crippen molar-refractivity contribution in [2.24, 2.45) is 11.3 Å². The summed E-state index contributed by atoms with van der Waals surface area (Å²) in [6.45, 7) is 15.9. The second kappa shape index (κ2) is 14.5. The number of nitrogens with zero attached hydrogens (tertiary/aromatic N) is 1. The Kier molecular flexibility index (Phi) is 11.1. The van der Waals surface area contributed by atoms with Crippen LogP contribution in [0.5, 0.6) is 5.75 Å². The normalized spacial score (nSPS) is 23.9. The third kappa shape index (κ3) is 9.25. The number of para-hydroxylation sites is 2. The molecule has 5 unspecified atom stereocenters. The van der Waals surface area contributed by atoms with Crippen molar-refractivity contribution in [1.29, 1.82) is 0 Å². The Morgan fingerprint density at radius 3 is 2.28 bits per heavy atom. The number of likely N-dealkylation sites (tertiary alicyclic amines) is 1. The van der Waals surface area contributed by atoms with Crippen molar-refractivity contribution in [2.75, 3.05) is 18.5 Å². The van der Waals surface area contributed by atoms with Crippen molar-refractivity contribution in [3.63, 3.8) is 0 Å². The summed E-state index contributed by atoms with van der Waals surface area (Å²) in [6, 6.07) is 4.31. The molecule has 2 aliphatic carbocycles. The standard InChI is InChI=1S/C34H49N5O10S/c1-9-20-18-34(20,29(42)38-50(45,46)22-15-16-22)37-27(40)24-17-21(48-30(43)35-23-13-11-12-14-25(23)47-10-2)19-39(24)28(41)26(32(3,4)5)36-31(44)49-33(6,7)8/h9,11-14,20-22,24,26H,1,10,15-19H2,2-8H3,(H,35,43)(H,36,44)(H,37,40)(H,38,42). The number of nitrogens with one attached hydrogen (secondary N) is 4. The fraction of sp³-hybridized carbons (Fsp3) is 0.618. The SMILES string of the molecule is C=CC1CC1(NC(=O)C1CC(OC(=O)Nc2ccccc2OCC)CN1C(=O)C(NC(=O)OC(C)(C)C)C(C)(C)C)C(=O)NS(=O)(=O)C1CC1. The molecule has 4 rings (SSSR count). The van der Waals surface area contributed by atoms with Gasteiger partial charge in [-0.15, -0.1) is 6.58 Å². The summed E-state index contributed by atoms with van der Waals surface area (Å²) in [4.78, 5) is 68.8. The van der Waals surface area contributed by atoms with E-state index in [1.54, 1.807) is 72.7 Å². The molecule has 50 heavy (non-hydrogen) atoms. The summed E-state index contributed by atoms with van der Waals surface area (Å²) in [5.41, 5.74) is -2.97.